The van der Waals surface area contributed by atoms with Crippen LogP contribution in [0.15, 0.2) is 60.7 Å². The number of nitrogens with two attached hydrogens (primary N) is 1. The summed E-state index contributed by atoms with van der Waals surface area (Å²) < 4.78 is 91.7. The fraction of sp³-hybridized carbons (Fsp3) is 0.586. The smallest absolute Gasteiger partial charge is 0.101 e. The Hall–Kier alpha value is -1.83. The first kappa shape index (κ1) is 39.2. The van der Waals surface area contributed by atoms with Gasteiger partial charge in [-0.05, 0) is 19.3 Å². The van der Waals surface area contributed by atoms with Crippen LogP contribution in [-0.4, -0.2) is 79.3 Å². The second-order valence-electron chi connectivity index (χ2n) is 9.36. The summed E-state index contributed by atoms with van der Waals surface area (Å²) in [5.74, 6) is 0. The molecule has 7 nitrogen and oxygen atoms in total. The van der Waals surface area contributed by atoms with Gasteiger partial charge in [0.05, 0.1) is 66.1 Å². The van der Waals surface area contributed by atoms with Crippen molar-refractivity contribution >= 4 is 7.81 Å². The van der Waals surface area contributed by atoms with Gasteiger partial charge in [-0.1, -0.05) is 60.7 Å². The van der Waals surface area contributed by atoms with E-state index in [1.165, 1.54) is 11.1 Å². The van der Waals surface area contributed by atoms with Crippen LogP contribution in [0.25, 0.3) is 0 Å². The number of hydrogen-bond donors (Lipinski definition) is 1. The van der Waals surface area contributed by atoms with Crippen molar-refractivity contribution < 1.29 is 58.9 Å². The van der Waals surface area contributed by atoms with Gasteiger partial charge in [0.25, 0.3) is 0 Å². The van der Waals surface area contributed by atoms with Crippen molar-refractivity contribution in [3.05, 3.63) is 71.8 Å². The average molecular weight is 650 g/mol. The molecule has 1 saturated heterocycles. The molecule has 1 heterocycles. The van der Waals surface area contributed by atoms with Crippen LogP contribution in [0.5, 0.6) is 0 Å². The van der Waals surface area contributed by atoms with Gasteiger partial charge in [0, 0.05) is 24.3 Å². The van der Waals surface area contributed by atoms with E-state index >= 15 is 0 Å². The summed E-state index contributed by atoms with van der Waals surface area (Å²) in [6.07, 6.45) is 3.27. The number of quaternary nitrogens is 1. The molecule has 250 valence electrons. The van der Waals surface area contributed by atoms with E-state index in [1.54, 1.807) is 0 Å². The zero-order valence-electron chi connectivity index (χ0n) is 24.5. The van der Waals surface area contributed by atoms with Gasteiger partial charge >= 0.3 is 33.0 Å². The zero-order valence-corrected chi connectivity index (χ0v) is 25.4. The van der Waals surface area contributed by atoms with E-state index in [0.717, 1.165) is 45.6 Å². The number of halogens is 6. The molecule has 0 aliphatic carbocycles. The molecule has 0 unspecified atom stereocenters. The maximum Gasteiger partial charge on any atom is 0.101 e. The van der Waals surface area contributed by atoms with E-state index in [2.05, 4.69) is 66.0 Å². The van der Waals surface area contributed by atoms with E-state index in [9.17, 15) is 25.2 Å². The first-order valence-corrected chi connectivity index (χ1v) is 16.4. The minimum atomic E-state index is -10.7. The van der Waals surface area contributed by atoms with Crippen molar-refractivity contribution in [1.82, 2.24) is 0 Å². The molecule has 1 aliphatic heterocycles. The number of rotatable bonds is 4. The molecule has 0 saturated carbocycles. The third kappa shape index (κ3) is 34.5. The van der Waals surface area contributed by atoms with Gasteiger partial charge in [-0.2, -0.15) is 0 Å². The van der Waals surface area contributed by atoms with E-state index in [4.69, 9.17) is 28.4 Å². The van der Waals surface area contributed by atoms with Gasteiger partial charge < -0.3 is 33.7 Å². The number of ether oxygens (including phenoxy) is 6. The minimum Gasteiger partial charge on any atom is -0.339 e. The summed E-state index contributed by atoms with van der Waals surface area (Å²) in [6.45, 7) is 9.80. The van der Waals surface area contributed by atoms with Crippen LogP contribution in [-0.2, 0) is 41.5 Å². The molecule has 0 aromatic heterocycles. The number of hydrogen-bond acceptors (Lipinski definition) is 6. The summed E-state index contributed by atoms with van der Waals surface area (Å²) >= 11 is 0. The second-order valence-corrected chi connectivity index (χ2v) is 11.3. The van der Waals surface area contributed by atoms with Crippen LogP contribution >= 0.6 is 7.81 Å². The SMILES string of the molecule is C1CCOCCOCCOCCOCCOCCOCC1.F[P-](F)(F)(F)(F)F.c1ccc(C[NH2+]Cc2ccccc2)cc1. The molecule has 0 amide bonds. The summed E-state index contributed by atoms with van der Waals surface area (Å²) in [7, 11) is -10.7. The molecule has 0 atom stereocenters. The van der Waals surface area contributed by atoms with Crippen LogP contribution in [0.3, 0.4) is 0 Å². The molecule has 43 heavy (non-hydrogen) atoms. The van der Waals surface area contributed by atoms with Crippen LogP contribution in [0.2, 0.25) is 0 Å². The maximum absolute atomic E-state index is 10.7. The molecular weight excluding hydrogens is 603 g/mol. The van der Waals surface area contributed by atoms with Gasteiger partial charge in [-0.25, -0.2) is 0 Å². The van der Waals surface area contributed by atoms with E-state index in [1.807, 2.05) is 0 Å². The molecule has 2 N–H and O–H groups in total. The molecule has 2 aromatic rings. The normalized spacial score (nSPS) is 19.0. The van der Waals surface area contributed by atoms with E-state index in [-0.39, 0.29) is 0 Å². The summed E-state index contributed by atoms with van der Waals surface area (Å²) in [6, 6.07) is 21.1. The van der Waals surface area contributed by atoms with Crippen LogP contribution in [0.1, 0.15) is 30.4 Å². The van der Waals surface area contributed by atoms with Crippen LogP contribution < -0.4 is 5.32 Å². The van der Waals surface area contributed by atoms with Crippen molar-refractivity contribution in [1.29, 1.82) is 0 Å². The maximum atomic E-state index is 9.87. The van der Waals surface area contributed by atoms with E-state index < -0.39 is 7.81 Å². The Kier molecular flexibility index (Phi) is 19.9. The quantitative estimate of drug-likeness (QED) is 0.297. The first-order chi connectivity index (χ1) is 20.4. The minimum absolute atomic E-state index is 0.586. The first-order valence-electron chi connectivity index (χ1n) is 14.3. The predicted octanol–water partition coefficient (Wildman–Crippen LogP) is 6.60. The molecule has 0 bridgehead atoms. The van der Waals surface area contributed by atoms with Crippen molar-refractivity contribution in [2.75, 3.05) is 79.3 Å². The van der Waals surface area contributed by atoms with Gasteiger partial charge in [0.15, 0.2) is 0 Å². The fourth-order valence-corrected chi connectivity index (χ4v) is 3.42. The van der Waals surface area contributed by atoms with Gasteiger partial charge in [0.2, 0.25) is 0 Å². The molecule has 3 rings (SSSR count). The molecule has 0 radical (unpaired) electrons. The topological polar surface area (TPSA) is 72.0 Å². The molecule has 0 spiro atoms. The Bertz CT molecular complexity index is 771. The largest absolute Gasteiger partial charge is 0.339 e. The third-order valence-corrected chi connectivity index (χ3v) is 5.38. The summed E-state index contributed by atoms with van der Waals surface area (Å²) in [4.78, 5) is 0. The van der Waals surface area contributed by atoms with Gasteiger partial charge in [-0.3, -0.25) is 0 Å². The molecule has 2 aromatic carbocycles. The average Bonchev–Trinajstić information content (AvgIpc) is 2.94. The van der Waals surface area contributed by atoms with Crippen LogP contribution in [0.4, 0.5) is 25.2 Å². The summed E-state index contributed by atoms with van der Waals surface area (Å²) in [5.41, 5.74) is 2.77. The molecule has 1 aliphatic rings. The molecule has 1 fully saturated rings. The van der Waals surface area contributed by atoms with Crippen LogP contribution in [0, 0.1) is 0 Å². The van der Waals surface area contributed by atoms with E-state index in [0.29, 0.717) is 66.1 Å². The molecule has 14 heteroatoms. The predicted molar refractivity (Wildman–Crippen MR) is 155 cm³/mol. The third-order valence-electron chi connectivity index (χ3n) is 5.38. The number of benzene rings is 2. The second kappa shape index (κ2) is 21.8. The molecular formula is C29H46F6NO6P. The van der Waals surface area contributed by atoms with Crippen molar-refractivity contribution in [2.45, 2.75) is 32.4 Å². The van der Waals surface area contributed by atoms with Crippen molar-refractivity contribution in [3.63, 3.8) is 0 Å². The Labute approximate surface area is 250 Å². The van der Waals surface area contributed by atoms with Crippen molar-refractivity contribution in [2.24, 2.45) is 0 Å². The Balaban J connectivity index is 0.000000364. The van der Waals surface area contributed by atoms with Gasteiger partial charge in [0.1, 0.15) is 13.1 Å². The Morgan fingerprint density at radius 3 is 0.953 bits per heavy atom. The Morgan fingerprint density at radius 2 is 0.674 bits per heavy atom. The monoisotopic (exact) mass is 649 g/mol. The standard InChI is InChI=1S/C15H30O6.C14H15N.F6P/c1-2-4-16-6-8-18-10-12-20-14-15-21-13-11-19-9-7-17-5-3-1;1-3-7-13(8-4-1)11-15-12-14-9-5-2-6-10-14;1-7(2,3,4,5)6/h1-15H2;1-10,15H,11-12H2;/q;;-1/p+1. The zero-order chi connectivity index (χ0) is 31.6. The fourth-order valence-electron chi connectivity index (χ4n) is 3.42. The van der Waals surface area contributed by atoms with Crippen molar-refractivity contribution in [3.8, 4) is 0 Å². The summed E-state index contributed by atoms with van der Waals surface area (Å²) in [5, 5.41) is 2.32. The van der Waals surface area contributed by atoms with Gasteiger partial charge in [-0.15, -0.1) is 0 Å². The Morgan fingerprint density at radius 1 is 0.419 bits per heavy atom.